The number of allylic oxidation sites excluding steroid dienone is 1. The van der Waals surface area contributed by atoms with E-state index in [1.807, 2.05) is 0 Å². The van der Waals surface area contributed by atoms with Crippen molar-refractivity contribution in [2.24, 2.45) is 5.92 Å². The first-order valence-corrected chi connectivity index (χ1v) is 5.64. The molecule has 1 saturated carbocycles. The first kappa shape index (κ1) is 11.9. The summed E-state index contributed by atoms with van der Waals surface area (Å²) in [5.41, 5.74) is 1.45. The van der Waals surface area contributed by atoms with Crippen LogP contribution in [-0.4, -0.2) is 23.2 Å². The Balaban J connectivity index is 2.45. The van der Waals surface area contributed by atoms with E-state index in [2.05, 4.69) is 4.98 Å². The third kappa shape index (κ3) is 2.77. The molecule has 1 N–H and O–H groups in total. The Morgan fingerprint density at radius 3 is 2.88 bits per heavy atom. The average molecular weight is 254 g/mol. The van der Waals surface area contributed by atoms with Gasteiger partial charge in [0.1, 0.15) is 0 Å². The Morgan fingerprint density at radius 1 is 1.65 bits per heavy atom. The van der Waals surface area contributed by atoms with Gasteiger partial charge in [-0.2, -0.15) is 0 Å². The highest BCUT2D eigenvalue weighted by Crippen LogP contribution is 2.44. The van der Waals surface area contributed by atoms with Crippen LogP contribution >= 0.6 is 11.6 Å². The van der Waals surface area contributed by atoms with Gasteiger partial charge < -0.3 is 9.84 Å². The maximum absolute atomic E-state index is 10.8. The highest BCUT2D eigenvalue weighted by molar-refractivity contribution is 6.32. The quantitative estimate of drug-likeness (QED) is 0.838. The Morgan fingerprint density at radius 2 is 2.35 bits per heavy atom. The molecule has 1 aliphatic rings. The predicted molar refractivity (Wildman–Crippen MR) is 64.1 cm³/mol. The summed E-state index contributed by atoms with van der Waals surface area (Å²) in [5, 5.41) is 9.32. The van der Waals surface area contributed by atoms with Crippen LogP contribution in [0.1, 0.15) is 18.4 Å². The number of aromatic nitrogens is 1. The van der Waals surface area contributed by atoms with E-state index in [-0.39, 0.29) is 5.92 Å². The number of aliphatic carboxylic acids is 1. The van der Waals surface area contributed by atoms with Crippen molar-refractivity contribution in [3.63, 3.8) is 0 Å². The lowest BCUT2D eigenvalue weighted by Gasteiger charge is -2.09. The lowest BCUT2D eigenvalue weighted by atomic mass is 10.0. The lowest BCUT2D eigenvalue weighted by Crippen LogP contribution is -1.97. The molecule has 2 rings (SSSR count). The maximum atomic E-state index is 10.8. The Kier molecular flexibility index (Phi) is 3.33. The Labute approximate surface area is 104 Å². The summed E-state index contributed by atoms with van der Waals surface area (Å²) in [6.45, 7) is 0. The van der Waals surface area contributed by atoms with E-state index < -0.39 is 5.97 Å². The molecule has 4 nitrogen and oxygen atoms in total. The molecule has 1 aromatic rings. The van der Waals surface area contributed by atoms with Gasteiger partial charge in [0.2, 0.25) is 5.88 Å². The number of pyridine rings is 1. The Bertz CT molecular complexity index is 481. The van der Waals surface area contributed by atoms with Crippen molar-refractivity contribution in [3.8, 4) is 5.88 Å². The fraction of sp³-hybridized carbons (Fsp3) is 0.333. The zero-order valence-corrected chi connectivity index (χ0v) is 10.1. The van der Waals surface area contributed by atoms with Gasteiger partial charge in [0.15, 0.2) is 0 Å². The van der Waals surface area contributed by atoms with Crippen LogP contribution < -0.4 is 4.74 Å². The number of hydrogen-bond acceptors (Lipinski definition) is 3. The second-order valence-electron chi connectivity index (χ2n) is 3.92. The Hall–Kier alpha value is -1.55. The average Bonchev–Trinajstić information content (AvgIpc) is 3.10. The fourth-order valence-corrected chi connectivity index (χ4v) is 1.91. The van der Waals surface area contributed by atoms with Crippen molar-refractivity contribution >= 4 is 23.1 Å². The minimum atomic E-state index is -0.959. The molecule has 0 aromatic carbocycles. The number of carboxylic acids is 1. The molecule has 90 valence electrons. The third-order valence-electron chi connectivity index (χ3n) is 2.65. The summed E-state index contributed by atoms with van der Waals surface area (Å²) in [7, 11) is 1.51. The van der Waals surface area contributed by atoms with Gasteiger partial charge in [-0.25, -0.2) is 9.78 Å². The summed E-state index contributed by atoms with van der Waals surface area (Å²) in [6, 6.07) is 1.68. The molecule has 0 aliphatic heterocycles. The molecule has 5 heteroatoms. The normalized spacial score (nSPS) is 15.8. The SMILES string of the molecule is COc1cc(/C(=C/C(=O)O)C2CC2)c(Cl)cn1. The summed E-state index contributed by atoms with van der Waals surface area (Å²) in [5.74, 6) is -0.240. The van der Waals surface area contributed by atoms with Crippen LogP contribution in [0.15, 0.2) is 18.3 Å². The van der Waals surface area contributed by atoms with E-state index >= 15 is 0 Å². The topological polar surface area (TPSA) is 59.4 Å². The van der Waals surface area contributed by atoms with Gasteiger partial charge in [-0.3, -0.25) is 0 Å². The predicted octanol–water partition coefficient (Wildman–Crippen LogP) is 2.62. The zero-order chi connectivity index (χ0) is 12.4. The van der Waals surface area contributed by atoms with Gasteiger partial charge in [-0.15, -0.1) is 0 Å². The zero-order valence-electron chi connectivity index (χ0n) is 9.31. The minimum absolute atomic E-state index is 0.288. The van der Waals surface area contributed by atoms with Crippen molar-refractivity contribution in [2.45, 2.75) is 12.8 Å². The van der Waals surface area contributed by atoms with E-state index in [0.29, 0.717) is 16.5 Å². The summed E-state index contributed by atoms with van der Waals surface area (Å²) >= 11 is 6.05. The molecule has 1 heterocycles. The first-order valence-electron chi connectivity index (χ1n) is 5.26. The van der Waals surface area contributed by atoms with Crippen LogP contribution in [0.25, 0.3) is 5.57 Å². The number of ether oxygens (including phenoxy) is 1. The van der Waals surface area contributed by atoms with Gasteiger partial charge in [0.05, 0.1) is 18.3 Å². The van der Waals surface area contributed by atoms with Gasteiger partial charge in [0.25, 0.3) is 0 Å². The van der Waals surface area contributed by atoms with E-state index in [1.165, 1.54) is 19.4 Å². The van der Waals surface area contributed by atoms with Crippen LogP contribution in [-0.2, 0) is 4.79 Å². The number of rotatable bonds is 4. The van der Waals surface area contributed by atoms with Gasteiger partial charge in [0, 0.05) is 17.7 Å². The molecule has 0 amide bonds. The highest BCUT2D eigenvalue weighted by atomic mass is 35.5. The summed E-state index contributed by atoms with van der Waals surface area (Å²) < 4.78 is 5.02. The van der Waals surface area contributed by atoms with E-state index in [0.717, 1.165) is 18.4 Å². The largest absolute Gasteiger partial charge is 0.481 e. The second-order valence-corrected chi connectivity index (χ2v) is 4.33. The number of hydrogen-bond donors (Lipinski definition) is 1. The molecular formula is C12H12ClNO3. The van der Waals surface area contributed by atoms with Gasteiger partial charge in [-0.1, -0.05) is 11.6 Å². The molecule has 0 saturated heterocycles. The van der Waals surface area contributed by atoms with Crippen molar-refractivity contribution in [3.05, 3.63) is 28.9 Å². The molecule has 0 unspecified atom stereocenters. The summed E-state index contributed by atoms with van der Waals surface area (Å²) in [6.07, 6.45) is 4.70. The molecule has 1 aliphatic carbocycles. The van der Waals surface area contributed by atoms with Gasteiger partial charge in [-0.05, 0) is 24.3 Å². The molecule has 0 radical (unpaired) electrons. The van der Waals surface area contributed by atoms with Crippen LogP contribution in [0.5, 0.6) is 5.88 Å². The smallest absolute Gasteiger partial charge is 0.328 e. The maximum Gasteiger partial charge on any atom is 0.328 e. The van der Waals surface area contributed by atoms with Crippen molar-refractivity contribution < 1.29 is 14.6 Å². The highest BCUT2D eigenvalue weighted by Gasteiger charge is 2.29. The number of methoxy groups -OCH3 is 1. The molecule has 1 aromatic heterocycles. The van der Waals surface area contributed by atoms with Crippen LogP contribution in [0.3, 0.4) is 0 Å². The molecule has 0 bridgehead atoms. The third-order valence-corrected chi connectivity index (χ3v) is 2.95. The number of nitrogens with zero attached hydrogens (tertiary/aromatic N) is 1. The molecule has 17 heavy (non-hydrogen) atoms. The van der Waals surface area contributed by atoms with Crippen molar-refractivity contribution in [2.75, 3.05) is 7.11 Å². The number of halogens is 1. The van der Waals surface area contributed by atoms with E-state index in [9.17, 15) is 4.79 Å². The van der Waals surface area contributed by atoms with E-state index in [4.69, 9.17) is 21.4 Å². The van der Waals surface area contributed by atoms with Gasteiger partial charge >= 0.3 is 5.97 Å². The minimum Gasteiger partial charge on any atom is -0.481 e. The second kappa shape index (κ2) is 4.75. The number of carbonyl (C=O) groups is 1. The summed E-state index contributed by atoms with van der Waals surface area (Å²) in [4.78, 5) is 14.8. The van der Waals surface area contributed by atoms with Crippen LogP contribution in [0, 0.1) is 5.92 Å². The molecule has 0 spiro atoms. The van der Waals surface area contributed by atoms with Crippen molar-refractivity contribution in [1.29, 1.82) is 0 Å². The fourth-order valence-electron chi connectivity index (χ4n) is 1.70. The molecular weight excluding hydrogens is 242 g/mol. The molecule has 1 fully saturated rings. The van der Waals surface area contributed by atoms with E-state index in [1.54, 1.807) is 6.07 Å². The number of carboxylic acid groups (broad SMARTS) is 1. The first-order chi connectivity index (χ1) is 8.11. The monoisotopic (exact) mass is 253 g/mol. The van der Waals surface area contributed by atoms with Crippen LogP contribution in [0.4, 0.5) is 0 Å². The van der Waals surface area contributed by atoms with Crippen LogP contribution in [0.2, 0.25) is 5.02 Å². The standard InChI is InChI=1S/C12H12ClNO3/c1-17-11-4-9(10(13)6-14-11)8(5-12(15)16)7-2-3-7/h4-7H,2-3H2,1H3,(H,15,16)/b8-5+. The lowest BCUT2D eigenvalue weighted by molar-refractivity contribution is -0.131. The van der Waals surface area contributed by atoms with Crippen molar-refractivity contribution in [1.82, 2.24) is 4.98 Å². The molecule has 0 atom stereocenters.